The van der Waals surface area contributed by atoms with E-state index in [0.29, 0.717) is 34.2 Å². The average molecular weight is 453 g/mol. The number of halogens is 1. The van der Waals surface area contributed by atoms with Gasteiger partial charge in [-0.25, -0.2) is 9.37 Å². The van der Waals surface area contributed by atoms with Crippen molar-refractivity contribution in [1.82, 2.24) is 29.9 Å². The maximum atomic E-state index is 13.8. The Morgan fingerprint density at radius 2 is 1.91 bits per heavy atom. The van der Waals surface area contributed by atoms with E-state index in [1.807, 2.05) is 31.2 Å². The van der Waals surface area contributed by atoms with E-state index in [-0.39, 0.29) is 18.3 Å². The lowest BCUT2D eigenvalue weighted by molar-refractivity contribution is 0.0950. The Bertz CT molecular complexity index is 1480. The number of anilines is 2. The van der Waals surface area contributed by atoms with Crippen molar-refractivity contribution in [2.24, 2.45) is 0 Å². The zero-order chi connectivity index (χ0) is 23.5. The molecule has 0 saturated carbocycles. The largest absolute Gasteiger partial charge is 0.348 e. The van der Waals surface area contributed by atoms with Crippen molar-refractivity contribution < 1.29 is 9.18 Å². The van der Waals surface area contributed by atoms with Crippen molar-refractivity contribution in [3.63, 3.8) is 0 Å². The fourth-order valence-electron chi connectivity index (χ4n) is 3.50. The fraction of sp³-hybridized carbons (Fsp3) is 0.0800. The molecule has 0 spiro atoms. The Balaban J connectivity index is 1.39. The summed E-state index contributed by atoms with van der Waals surface area (Å²) < 4.78 is 15.4. The number of nitrogens with one attached hydrogen (secondary N) is 2. The van der Waals surface area contributed by atoms with Gasteiger partial charge >= 0.3 is 0 Å². The van der Waals surface area contributed by atoms with Crippen LogP contribution >= 0.6 is 0 Å². The van der Waals surface area contributed by atoms with Crippen molar-refractivity contribution in [2.75, 3.05) is 5.32 Å². The second-order valence-corrected chi connectivity index (χ2v) is 7.65. The monoisotopic (exact) mass is 453 g/mol. The molecule has 0 atom stereocenters. The molecule has 0 radical (unpaired) electrons. The number of benzene rings is 2. The van der Waals surface area contributed by atoms with E-state index >= 15 is 0 Å². The number of carbonyl (C=O) groups is 1. The Morgan fingerprint density at radius 1 is 1.03 bits per heavy atom. The molecule has 3 aromatic heterocycles. The average Bonchev–Trinajstić information content (AvgIpc) is 3.28. The van der Waals surface area contributed by atoms with Gasteiger partial charge in [0.15, 0.2) is 5.82 Å². The van der Waals surface area contributed by atoms with Gasteiger partial charge in [0.25, 0.3) is 11.7 Å². The van der Waals surface area contributed by atoms with Gasteiger partial charge in [-0.3, -0.25) is 9.78 Å². The molecule has 0 aliphatic heterocycles. The predicted molar refractivity (Wildman–Crippen MR) is 126 cm³/mol. The van der Waals surface area contributed by atoms with Crippen LogP contribution in [0.4, 0.5) is 15.9 Å². The Kier molecular flexibility index (Phi) is 5.65. The molecule has 2 N–H and O–H groups in total. The molecule has 168 valence electrons. The Labute approximate surface area is 194 Å². The number of hydrogen-bond acceptors (Lipinski definition) is 6. The molecule has 0 aliphatic rings. The highest BCUT2D eigenvalue weighted by Crippen LogP contribution is 2.22. The summed E-state index contributed by atoms with van der Waals surface area (Å²) in [5.41, 5.74) is 3.10. The van der Waals surface area contributed by atoms with Crippen LogP contribution in [0, 0.1) is 12.7 Å². The first-order chi connectivity index (χ1) is 16.6. The summed E-state index contributed by atoms with van der Waals surface area (Å²) in [6, 6.07) is 18.9. The molecular weight excluding hydrogens is 433 g/mol. The molecule has 8 nitrogen and oxygen atoms in total. The molecule has 2 aromatic carbocycles. The molecule has 34 heavy (non-hydrogen) atoms. The van der Waals surface area contributed by atoms with E-state index in [1.165, 1.54) is 6.07 Å². The number of nitrogens with zero attached hydrogens (tertiary/aromatic N) is 5. The number of fused-ring (bicyclic) bond motifs is 1. The second kappa shape index (κ2) is 9.07. The van der Waals surface area contributed by atoms with E-state index < -0.39 is 0 Å². The minimum absolute atomic E-state index is 0.101. The molecular formula is C25H20FN7O. The molecule has 1 amide bonds. The summed E-state index contributed by atoms with van der Waals surface area (Å²) >= 11 is 0. The van der Waals surface area contributed by atoms with Gasteiger partial charge in [-0.1, -0.05) is 24.3 Å². The van der Waals surface area contributed by atoms with Gasteiger partial charge in [0.1, 0.15) is 11.6 Å². The maximum absolute atomic E-state index is 13.8. The van der Waals surface area contributed by atoms with Crippen LogP contribution in [-0.4, -0.2) is 30.5 Å². The molecule has 0 bridgehead atoms. The van der Waals surface area contributed by atoms with E-state index in [0.717, 1.165) is 11.3 Å². The standard InChI is InChI=1S/C25H20FN7O/c1-16-12-22(33-25(29-16)31-23(32-33)19-8-5-11-27-14-19)30-20-9-4-7-17(13-20)24(34)28-15-18-6-2-3-10-21(18)26/h2-14,30H,15H2,1H3,(H,28,34). The van der Waals surface area contributed by atoms with Crippen LogP contribution in [0.25, 0.3) is 17.2 Å². The summed E-state index contributed by atoms with van der Waals surface area (Å²) in [7, 11) is 0. The molecule has 5 aromatic rings. The van der Waals surface area contributed by atoms with Crippen LogP contribution in [0.2, 0.25) is 0 Å². The number of aryl methyl sites for hydroxylation is 1. The number of pyridine rings is 1. The van der Waals surface area contributed by atoms with Gasteiger partial charge in [0.2, 0.25) is 0 Å². The minimum Gasteiger partial charge on any atom is -0.348 e. The van der Waals surface area contributed by atoms with Gasteiger partial charge in [-0.2, -0.15) is 9.50 Å². The lowest BCUT2D eigenvalue weighted by Crippen LogP contribution is -2.23. The first kappa shape index (κ1) is 21.2. The third kappa shape index (κ3) is 4.44. The zero-order valence-corrected chi connectivity index (χ0v) is 18.2. The topological polar surface area (TPSA) is 97.1 Å². The predicted octanol–water partition coefficient (Wildman–Crippen LogP) is 4.31. The summed E-state index contributed by atoms with van der Waals surface area (Å²) in [6.45, 7) is 1.97. The molecule has 3 heterocycles. The lowest BCUT2D eigenvalue weighted by atomic mass is 10.1. The highest BCUT2D eigenvalue weighted by Gasteiger charge is 2.13. The van der Waals surface area contributed by atoms with Gasteiger partial charge in [0, 0.05) is 53.1 Å². The number of aromatic nitrogens is 5. The molecule has 5 rings (SSSR count). The minimum atomic E-state index is -0.353. The molecule has 0 saturated heterocycles. The number of rotatable bonds is 6. The highest BCUT2D eigenvalue weighted by molar-refractivity contribution is 5.95. The molecule has 0 unspecified atom stereocenters. The molecule has 0 aliphatic carbocycles. The molecule has 9 heteroatoms. The smallest absolute Gasteiger partial charge is 0.254 e. The van der Waals surface area contributed by atoms with Crippen LogP contribution in [-0.2, 0) is 6.54 Å². The van der Waals surface area contributed by atoms with Crippen LogP contribution in [0.5, 0.6) is 0 Å². The van der Waals surface area contributed by atoms with Gasteiger partial charge in [0.05, 0.1) is 0 Å². The summed E-state index contributed by atoms with van der Waals surface area (Å²) in [5, 5.41) is 10.6. The van der Waals surface area contributed by atoms with E-state index in [4.69, 9.17) is 0 Å². The Hall–Kier alpha value is -4.66. The maximum Gasteiger partial charge on any atom is 0.254 e. The lowest BCUT2D eigenvalue weighted by Gasteiger charge is -2.11. The SMILES string of the molecule is Cc1cc(Nc2cccc(C(=O)NCc3ccccc3F)c2)n2nc(-c3cccnc3)nc2n1. The number of hydrogen-bond donors (Lipinski definition) is 2. The van der Waals surface area contributed by atoms with Gasteiger partial charge < -0.3 is 10.6 Å². The highest BCUT2D eigenvalue weighted by atomic mass is 19.1. The normalized spacial score (nSPS) is 10.9. The van der Waals surface area contributed by atoms with Crippen molar-refractivity contribution >= 4 is 23.2 Å². The van der Waals surface area contributed by atoms with E-state index in [2.05, 4.69) is 30.7 Å². The molecule has 0 fully saturated rings. The van der Waals surface area contributed by atoms with Crippen LogP contribution in [0.1, 0.15) is 21.6 Å². The number of carbonyl (C=O) groups excluding carboxylic acids is 1. The summed E-state index contributed by atoms with van der Waals surface area (Å²) in [5.74, 6) is 0.945. The zero-order valence-electron chi connectivity index (χ0n) is 18.2. The first-order valence-electron chi connectivity index (χ1n) is 10.6. The Morgan fingerprint density at radius 3 is 2.74 bits per heavy atom. The third-order valence-electron chi connectivity index (χ3n) is 5.15. The van der Waals surface area contributed by atoms with E-state index in [1.54, 1.807) is 53.3 Å². The van der Waals surface area contributed by atoms with Gasteiger partial charge in [-0.05, 0) is 43.3 Å². The van der Waals surface area contributed by atoms with Crippen LogP contribution in [0.3, 0.4) is 0 Å². The second-order valence-electron chi connectivity index (χ2n) is 7.65. The third-order valence-corrected chi connectivity index (χ3v) is 5.15. The van der Waals surface area contributed by atoms with Crippen molar-refractivity contribution in [2.45, 2.75) is 13.5 Å². The quantitative estimate of drug-likeness (QED) is 0.398. The van der Waals surface area contributed by atoms with Gasteiger partial charge in [-0.15, -0.1) is 5.10 Å². The first-order valence-corrected chi connectivity index (χ1v) is 10.6. The van der Waals surface area contributed by atoms with E-state index in [9.17, 15) is 9.18 Å². The van der Waals surface area contributed by atoms with Crippen LogP contribution in [0.15, 0.2) is 79.1 Å². The van der Waals surface area contributed by atoms with Crippen molar-refractivity contribution in [3.05, 3.63) is 102 Å². The summed E-state index contributed by atoms with van der Waals surface area (Å²) in [6.07, 6.45) is 3.38. The summed E-state index contributed by atoms with van der Waals surface area (Å²) in [4.78, 5) is 25.8. The van der Waals surface area contributed by atoms with Crippen molar-refractivity contribution in [1.29, 1.82) is 0 Å². The van der Waals surface area contributed by atoms with Crippen LogP contribution < -0.4 is 10.6 Å². The fourth-order valence-corrected chi connectivity index (χ4v) is 3.50. The van der Waals surface area contributed by atoms with Crippen molar-refractivity contribution in [3.8, 4) is 11.4 Å². The number of amides is 1.